The Morgan fingerprint density at radius 1 is 1.00 bits per heavy atom. The molecule has 0 fully saturated rings. The minimum atomic E-state index is 0.632. The van der Waals surface area contributed by atoms with Crippen LogP contribution in [0, 0.1) is 0 Å². The Kier molecular flexibility index (Phi) is 1.68. The average molecular weight is 197 g/mol. The van der Waals surface area contributed by atoms with Gasteiger partial charge < -0.3 is 10.5 Å². The van der Waals surface area contributed by atoms with Crippen molar-refractivity contribution in [3.8, 4) is 16.9 Å². The highest BCUT2D eigenvalue weighted by atomic mass is 16.5. The van der Waals surface area contributed by atoms with E-state index in [1.165, 1.54) is 11.1 Å². The maximum atomic E-state index is 5.80. The highest BCUT2D eigenvalue weighted by Crippen LogP contribution is 2.37. The fraction of sp³-hybridized carbons (Fsp3) is 0.0769. The number of anilines is 1. The summed E-state index contributed by atoms with van der Waals surface area (Å²) < 4.78 is 5.65. The van der Waals surface area contributed by atoms with Crippen molar-refractivity contribution in [3.05, 3.63) is 48.0 Å². The summed E-state index contributed by atoms with van der Waals surface area (Å²) in [6.07, 6.45) is 0. The second-order valence-corrected chi connectivity index (χ2v) is 3.70. The molecule has 1 aliphatic heterocycles. The number of nitrogens with two attached hydrogens (primary N) is 1. The topological polar surface area (TPSA) is 35.2 Å². The second kappa shape index (κ2) is 3.02. The van der Waals surface area contributed by atoms with E-state index in [1.807, 2.05) is 36.4 Å². The Morgan fingerprint density at radius 3 is 2.80 bits per heavy atom. The average Bonchev–Trinajstić information content (AvgIpc) is 2.29. The molecule has 0 bridgehead atoms. The quantitative estimate of drug-likeness (QED) is 0.659. The highest BCUT2D eigenvalue weighted by molar-refractivity contribution is 5.77. The van der Waals surface area contributed by atoms with Gasteiger partial charge in [-0.2, -0.15) is 0 Å². The smallest absolute Gasteiger partial charge is 0.127 e. The summed E-state index contributed by atoms with van der Waals surface area (Å²) in [5, 5.41) is 0. The fourth-order valence-corrected chi connectivity index (χ4v) is 1.94. The van der Waals surface area contributed by atoms with Gasteiger partial charge in [0.2, 0.25) is 0 Å². The van der Waals surface area contributed by atoms with Crippen LogP contribution in [-0.2, 0) is 6.61 Å². The number of ether oxygens (including phenoxy) is 1. The van der Waals surface area contributed by atoms with Crippen molar-refractivity contribution in [2.24, 2.45) is 0 Å². The number of fused-ring (bicyclic) bond motifs is 3. The molecule has 1 aliphatic rings. The lowest BCUT2D eigenvalue weighted by Crippen LogP contribution is -2.05. The zero-order chi connectivity index (χ0) is 10.3. The zero-order valence-electron chi connectivity index (χ0n) is 8.23. The molecule has 15 heavy (non-hydrogen) atoms. The number of hydrogen-bond acceptors (Lipinski definition) is 2. The number of nitrogen functional groups attached to an aromatic ring is 1. The van der Waals surface area contributed by atoms with Crippen LogP contribution in [0.15, 0.2) is 42.5 Å². The minimum Gasteiger partial charge on any atom is -0.488 e. The third-order valence-electron chi connectivity index (χ3n) is 2.69. The second-order valence-electron chi connectivity index (χ2n) is 3.70. The molecule has 0 aromatic heterocycles. The number of para-hydroxylation sites is 1. The third kappa shape index (κ3) is 1.26. The molecular weight excluding hydrogens is 186 g/mol. The highest BCUT2D eigenvalue weighted by Gasteiger charge is 2.15. The van der Waals surface area contributed by atoms with E-state index in [2.05, 4.69) is 6.07 Å². The first-order valence-corrected chi connectivity index (χ1v) is 4.95. The maximum absolute atomic E-state index is 5.80. The van der Waals surface area contributed by atoms with Crippen LogP contribution in [0.5, 0.6) is 5.75 Å². The molecular formula is C13H11NO. The monoisotopic (exact) mass is 197 g/mol. The van der Waals surface area contributed by atoms with Crippen LogP contribution in [0.1, 0.15) is 5.56 Å². The molecule has 2 nitrogen and oxygen atoms in total. The Morgan fingerprint density at radius 2 is 1.87 bits per heavy atom. The third-order valence-corrected chi connectivity index (χ3v) is 2.69. The van der Waals surface area contributed by atoms with Gasteiger partial charge in [-0.1, -0.05) is 24.3 Å². The molecule has 1 heterocycles. The van der Waals surface area contributed by atoms with Crippen molar-refractivity contribution in [1.29, 1.82) is 0 Å². The molecule has 3 rings (SSSR count). The molecule has 0 radical (unpaired) electrons. The van der Waals surface area contributed by atoms with Crippen molar-refractivity contribution < 1.29 is 4.74 Å². The van der Waals surface area contributed by atoms with Gasteiger partial charge in [0.1, 0.15) is 12.4 Å². The SMILES string of the molecule is Nc1ccc2c(c1)-c1ccccc1OC2. The van der Waals surface area contributed by atoms with Gasteiger partial charge in [0, 0.05) is 11.3 Å². The summed E-state index contributed by atoms with van der Waals surface area (Å²) in [6, 6.07) is 14.0. The Bertz CT molecular complexity index is 520. The molecule has 2 aromatic rings. The molecule has 2 heteroatoms. The molecule has 2 aromatic carbocycles. The summed E-state index contributed by atoms with van der Waals surface area (Å²) in [6.45, 7) is 0.632. The van der Waals surface area contributed by atoms with Crippen LogP contribution in [0.3, 0.4) is 0 Å². The standard InChI is InChI=1S/C13H11NO/c14-10-6-5-9-8-15-13-4-2-1-3-11(13)12(9)7-10/h1-7H,8,14H2. The molecule has 0 saturated heterocycles. The van der Waals surface area contributed by atoms with Gasteiger partial charge in [0.05, 0.1) is 0 Å². The number of benzene rings is 2. The van der Waals surface area contributed by atoms with E-state index < -0.39 is 0 Å². The van der Waals surface area contributed by atoms with Crippen LogP contribution >= 0.6 is 0 Å². The summed E-state index contributed by atoms with van der Waals surface area (Å²) in [5.74, 6) is 0.940. The van der Waals surface area contributed by atoms with Crippen molar-refractivity contribution in [3.63, 3.8) is 0 Å². The van der Waals surface area contributed by atoms with Gasteiger partial charge in [0.25, 0.3) is 0 Å². The van der Waals surface area contributed by atoms with E-state index in [9.17, 15) is 0 Å². The van der Waals surface area contributed by atoms with E-state index in [1.54, 1.807) is 0 Å². The van der Waals surface area contributed by atoms with Gasteiger partial charge in [-0.25, -0.2) is 0 Å². The molecule has 0 aliphatic carbocycles. The Hall–Kier alpha value is -1.96. The largest absolute Gasteiger partial charge is 0.488 e. The first-order valence-electron chi connectivity index (χ1n) is 4.95. The lowest BCUT2D eigenvalue weighted by atomic mass is 9.96. The zero-order valence-corrected chi connectivity index (χ0v) is 8.23. The van der Waals surface area contributed by atoms with Crippen LogP contribution in [-0.4, -0.2) is 0 Å². The number of hydrogen-bond donors (Lipinski definition) is 1. The van der Waals surface area contributed by atoms with E-state index in [0.29, 0.717) is 6.61 Å². The normalized spacial score (nSPS) is 12.5. The van der Waals surface area contributed by atoms with Gasteiger partial charge in [0.15, 0.2) is 0 Å². The van der Waals surface area contributed by atoms with E-state index >= 15 is 0 Å². The predicted octanol–water partition coefficient (Wildman–Crippen LogP) is 2.83. The van der Waals surface area contributed by atoms with Crippen molar-refractivity contribution in [1.82, 2.24) is 0 Å². The first-order chi connectivity index (χ1) is 7.34. The Balaban J connectivity index is 2.28. The molecule has 0 amide bonds. The summed E-state index contributed by atoms with van der Waals surface area (Å²) in [5.41, 5.74) is 10.1. The molecule has 74 valence electrons. The lowest BCUT2D eigenvalue weighted by Gasteiger charge is -2.20. The van der Waals surface area contributed by atoms with Gasteiger partial charge in [-0.05, 0) is 29.3 Å². The van der Waals surface area contributed by atoms with Crippen molar-refractivity contribution in [2.75, 3.05) is 5.73 Å². The summed E-state index contributed by atoms with van der Waals surface area (Å²) in [4.78, 5) is 0. The fourth-order valence-electron chi connectivity index (χ4n) is 1.94. The van der Waals surface area contributed by atoms with Gasteiger partial charge >= 0.3 is 0 Å². The molecule has 0 atom stereocenters. The van der Waals surface area contributed by atoms with Crippen LogP contribution in [0.25, 0.3) is 11.1 Å². The van der Waals surface area contributed by atoms with Gasteiger partial charge in [-0.3, -0.25) is 0 Å². The first kappa shape index (κ1) is 8.36. The van der Waals surface area contributed by atoms with E-state index in [4.69, 9.17) is 10.5 Å². The van der Waals surface area contributed by atoms with Crippen LogP contribution in [0.4, 0.5) is 5.69 Å². The van der Waals surface area contributed by atoms with Crippen LogP contribution < -0.4 is 10.5 Å². The van der Waals surface area contributed by atoms with E-state index in [0.717, 1.165) is 17.0 Å². The molecule has 2 N–H and O–H groups in total. The van der Waals surface area contributed by atoms with Crippen molar-refractivity contribution in [2.45, 2.75) is 6.61 Å². The Labute approximate surface area is 88.3 Å². The summed E-state index contributed by atoms with van der Waals surface area (Å²) >= 11 is 0. The summed E-state index contributed by atoms with van der Waals surface area (Å²) in [7, 11) is 0. The molecule has 0 unspecified atom stereocenters. The number of rotatable bonds is 0. The van der Waals surface area contributed by atoms with Gasteiger partial charge in [-0.15, -0.1) is 0 Å². The lowest BCUT2D eigenvalue weighted by molar-refractivity contribution is 0.302. The maximum Gasteiger partial charge on any atom is 0.127 e. The minimum absolute atomic E-state index is 0.632. The van der Waals surface area contributed by atoms with Crippen molar-refractivity contribution >= 4 is 5.69 Å². The molecule has 0 saturated carbocycles. The van der Waals surface area contributed by atoms with E-state index in [-0.39, 0.29) is 0 Å². The van der Waals surface area contributed by atoms with Crippen LogP contribution in [0.2, 0.25) is 0 Å². The predicted molar refractivity (Wildman–Crippen MR) is 60.6 cm³/mol. The molecule has 0 spiro atoms.